The van der Waals surface area contributed by atoms with Crippen LogP contribution in [0.2, 0.25) is 0 Å². The molecule has 0 aliphatic carbocycles. The minimum atomic E-state index is -4.47. The van der Waals surface area contributed by atoms with Crippen LogP contribution in [0.3, 0.4) is 0 Å². The zero-order chi connectivity index (χ0) is 18.2. The van der Waals surface area contributed by atoms with Gasteiger partial charge in [-0.15, -0.1) is 0 Å². The van der Waals surface area contributed by atoms with Crippen molar-refractivity contribution in [2.24, 2.45) is 0 Å². The standard InChI is InChI=1S/C17H17F3N2O3/c1-10(23)22-9-12(6-7-15(22)17(18,19)20)21-16(24)14-8-11-4-2-3-5-13(11)25-14/h2-5,8,12,15H,6-7,9H2,1H3,(H,21,24)/t12-,15-/m0/s1. The van der Waals surface area contributed by atoms with Crippen LogP contribution in [-0.2, 0) is 4.79 Å². The number of halogens is 3. The number of alkyl halides is 3. The molecular weight excluding hydrogens is 337 g/mol. The molecule has 8 heteroatoms. The van der Waals surface area contributed by atoms with Gasteiger partial charge in [0.15, 0.2) is 5.76 Å². The molecule has 2 aromatic rings. The van der Waals surface area contributed by atoms with Crippen molar-refractivity contribution in [2.45, 2.75) is 38.0 Å². The normalized spacial score (nSPS) is 21.4. The van der Waals surface area contributed by atoms with Gasteiger partial charge in [0.2, 0.25) is 5.91 Å². The number of nitrogens with one attached hydrogen (secondary N) is 1. The van der Waals surface area contributed by atoms with E-state index in [1.807, 2.05) is 6.07 Å². The first-order valence-corrected chi connectivity index (χ1v) is 7.89. The number of furan rings is 1. The number of amides is 2. The summed E-state index contributed by atoms with van der Waals surface area (Å²) in [7, 11) is 0. The fourth-order valence-electron chi connectivity index (χ4n) is 3.13. The molecule has 1 fully saturated rings. The summed E-state index contributed by atoms with van der Waals surface area (Å²) >= 11 is 0. The van der Waals surface area contributed by atoms with E-state index < -0.39 is 30.1 Å². The van der Waals surface area contributed by atoms with Crippen molar-refractivity contribution in [3.63, 3.8) is 0 Å². The molecule has 3 rings (SSSR count). The lowest BCUT2D eigenvalue weighted by Gasteiger charge is -2.40. The lowest BCUT2D eigenvalue weighted by molar-refractivity contribution is -0.196. The van der Waals surface area contributed by atoms with Crippen molar-refractivity contribution in [2.75, 3.05) is 6.54 Å². The summed E-state index contributed by atoms with van der Waals surface area (Å²) in [6.45, 7) is 0.924. The third-order valence-electron chi connectivity index (χ3n) is 4.35. The first kappa shape index (κ1) is 17.3. The Bertz CT molecular complexity index is 767. The molecule has 1 aromatic carbocycles. The Morgan fingerprint density at radius 1 is 1.24 bits per heavy atom. The molecule has 134 valence electrons. The van der Waals surface area contributed by atoms with Crippen LogP contribution in [0.4, 0.5) is 13.2 Å². The van der Waals surface area contributed by atoms with E-state index in [9.17, 15) is 22.8 Å². The molecule has 1 saturated heterocycles. The number of benzene rings is 1. The molecule has 1 aliphatic heterocycles. The summed E-state index contributed by atoms with van der Waals surface area (Å²) < 4.78 is 44.5. The lowest BCUT2D eigenvalue weighted by Crippen LogP contribution is -2.57. The monoisotopic (exact) mass is 354 g/mol. The number of rotatable bonds is 2. The number of nitrogens with zero attached hydrogens (tertiary/aromatic N) is 1. The fourth-order valence-corrected chi connectivity index (χ4v) is 3.13. The Balaban J connectivity index is 1.70. The molecule has 25 heavy (non-hydrogen) atoms. The van der Waals surface area contributed by atoms with Gasteiger partial charge in [0.1, 0.15) is 11.6 Å². The van der Waals surface area contributed by atoms with Crippen LogP contribution in [-0.4, -0.2) is 41.5 Å². The Hall–Kier alpha value is -2.51. The smallest absolute Gasteiger partial charge is 0.408 e. The van der Waals surface area contributed by atoms with Gasteiger partial charge in [-0.1, -0.05) is 18.2 Å². The first-order chi connectivity index (χ1) is 11.8. The summed E-state index contributed by atoms with van der Waals surface area (Å²) in [5.74, 6) is -1.08. The van der Waals surface area contributed by atoms with Gasteiger partial charge in [0.25, 0.3) is 5.91 Å². The SMILES string of the molecule is CC(=O)N1C[C@@H](NC(=O)c2cc3ccccc3o2)CC[C@H]1C(F)(F)F. The fraction of sp³-hybridized carbons (Fsp3) is 0.412. The number of hydrogen-bond acceptors (Lipinski definition) is 3. The predicted molar refractivity (Wildman–Crippen MR) is 83.9 cm³/mol. The molecular formula is C17H17F3N2O3. The van der Waals surface area contributed by atoms with E-state index in [4.69, 9.17) is 4.42 Å². The molecule has 1 N–H and O–H groups in total. The summed E-state index contributed by atoms with van der Waals surface area (Å²) in [5.41, 5.74) is 0.554. The van der Waals surface area contributed by atoms with Crippen molar-refractivity contribution >= 4 is 22.8 Å². The van der Waals surface area contributed by atoms with Crippen LogP contribution >= 0.6 is 0 Å². The van der Waals surface area contributed by atoms with E-state index in [1.54, 1.807) is 24.3 Å². The molecule has 0 unspecified atom stereocenters. The van der Waals surface area contributed by atoms with Gasteiger partial charge in [-0.3, -0.25) is 9.59 Å². The van der Waals surface area contributed by atoms with Gasteiger partial charge in [-0.05, 0) is 25.0 Å². The van der Waals surface area contributed by atoms with Gasteiger partial charge in [-0.25, -0.2) is 0 Å². The molecule has 0 saturated carbocycles. The third kappa shape index (κ3) is 3.62. The van der Waals surface area contributed by atoms with E-state index in [0.29, 0.717) is 5.58 Å². The molecule has 5 nitrogen and oxygen atoms in total. The predicted octanol–water partition coefficient (Wildman–Crippen LogP) is 3.10. The Kier molecular flexibility index (Phi) is 4.45. The number of piperidine rings is 1. The zero-order valence-electron chi connectivity index (χ0n) is 13.5. The Morgan fingerprint density at radius 2 is 1.96 bits per heavy atom. The van der Waals surface area contributed by atoms with Crippen molar-refractivity contribution < 1.29 is 27.2 Å². The maximum absolute atomic E-state index is 13.0. The minimum absolute atomic E-state index is 0.0912. The van der Waals surface area contributed by atoms with Gasteiger partial charge in [0, 0.05) is 24.9 Å². The van der Waals surface area contributed by atoms with Crippen LogP contribution in [0.15, 0.2) is 34.7 Å². The summed E-state index contributed by atoms with van der Waals surface area (Å²) in [6, 6.07) is 6.32. The quantitative estimate of drug-likeness (QED) is 0.901. The Morgan fingerprint density at radius 3 is 2.60 bits per heavy atom. The summed E-state index contributed by atoms with van der Waals surface area (Å²) in [4.78, 5) is 24.6. The van der Waals surface area contributed by atoms with Gasteiger partial charge in [0.05, 0.1) is 0 Å². The summed E-state index contributed by atoms with van der Waals surface area (Å²) in [6.07, 6.45) is -4.58. The van der Waals surface area contributed by atoms with Crippen LogP contribution in [0.25, 0.3) is 11.0 Å². The molecule has 0 bridgehead atoms. The second kappa shape index (κ2) is 6.42. The second-order valence-corrected chi connectivity index (χ2v) is 6.13. The highest BCUT2D eigenvalue weighted by Crippen LogP contribution is 2.32. The topological polar surface area (TPSA) is 62.6 Å². The van der Waals surface area contributed by atoms with Crippen molar-refractivity contribution in [1.29, 1.82) is 0 Å². The molecule has 1 aliphatic rings. The maximum Gasteiger partial charge on any atom is 0.408 e. The molecule has 0 radical (unpaired) electrons. The van der Waals surface area contributed by atoms with Crippen molar-refractivity contribution in [3.05, 3.63) is 36.1 Å². The minimum Gasteiger partial charge on any atom is -0.451 e. The molecule has 2 heterocycles. The molecule has 2 atom stereocenters. The highest BCUT2D eigenvalue weighted by molar-refractivity contribution is 5.96. The lowest BCUT2D eigenvalue weighted by atomic mass is 9.97. The highest BCUT2D eigenvalue weighted by atomic mass is 19.4. The van der Waals surface area contributed by atoms with E-state index in [2.05, 4.69) is 5.32 Å². The number of hydrogen-bond donors (Lipinski definition) is 1. The number of fused-ring (bicyclic) bond motifs is 1. The van der Waals surface area contributed by atoms with Crippen molar-refractivity contribution in [3.8, 4) is 0 Å². The third-order valence-corrected chi connectivity index (χ3v) is 4.35. The number of carbonyl (C=O) groups is 2. The van der Waals surface area contributed by atoms with Crippen LogP contribution < -0.4 is 5.32 Å². The van der Waals surface area contributed by atoms with Crippen LogP contribution in [0.1, 0.15) is 30.3 Å². The van der Waals surface area contributed by atoms with Gasteiger partial charge >= 0.3 is 6.18 Å². The Labute approximate surface area is 141 Å². The number of carbonyl (C=O) groups excluding carboxylic acids is 2. The average molecular weight is 354 g/mol. The van der Waals surface area contributed by atoms with Crippen LogP contribution in [0, 0.1) is 0 Å². The van der Waals surface area contributed by atoms with E-state index in [1.165, 1.54) is 0 Å². The van der Waals surface area contributed by atoms with Gasteiger partial charge in [-0.2, -0.15) is 13.2 Å². The maximum atomic E-state index is 13.0. The van der Waals surface area contributed by atoms with Crippen molar-refractivity contribution in [1.82, 2.24) is 10.2 Å². The molecule has 1 aromatic heterocycles. The van der Waals surface area contributed by atoms with E-state index in [0.717, 1.165) is 17.2 Å². The number of para-hydroxylation sites is 1. The average Bonchev–Trinajstić information content (AvgIpc) is 2.98. The summed E-state index contributed by atoms with van der Waals surface area (Å²) in [5, 5.41) is 3.42. The largest absolute Gasteiger partial charge is 0.451 e. The number of likely N-dealkylation sites (tertiary alicyclic amines) is 1. The highest BCUT2D eigenvalue weighted by Gasteiger charge is 2.47. The molecule has 0 spiro atoms. The second-order valence-electron chi connectivity index (χ2n) is 6.13. The van der Waals surface area contributed by atoms with Crippen LogP contribution in [0.5, 0.6) is 0 Å². The molecule has 2 amide bonds. The van der Waals surface area contributed by atoms with E-state index in [-0.39, 0.29) is 25.1 Å². The first-order valence-electron chi connectivity index (χ1n) is 7.89. The van der Waals surface area contributed by atoms with E-state index >= 15 is 0 Å². The zero-order valence-corrected chi connectivity index (χ0v) is 13.5. The van der Waals surface area contributed by atoms with Gasteiger partial charge < -0.3 is 14.6 Å².